The summed E-state index contributed by atoms with van der Waals surface area (Å²) in [6, 6.07) is 4.71. The van der Waals surface area contributed by atoms with Gasteiger partial charge in [-0.15, -0.1) is 0 Å². The third kappa shape index (κ3) is 3.39. The van der Waals surface area contributed by atoms with Crippen molar-refractivity contribution < 1.29 is 13.7 Å². The average Bonchev–Trinajstić information content (AvgIpc) is 2.99. The van der Waals surface area contributed by atoms with Gasteiger partial charge in [0.2, 0.25) is 12.3 Å². The van der Waals surface area contributed by atoms with Gasteiger partial charge in [0.1, 0.15) is 5.82 Å². The van der Waals surface area contributed by atoms with E-state index in [2.05, 4.69) is 10.1 Å². The summed E-state index contributed by atoms with van der Waals surface area (Å²) in [4.78, 5) is 20.3. The molecular formula is C16H19FN4O2. The minimum Gasteiger partial charge on any atom is -0.343 e. The fourth-order valence-electron chi connectivity index (χ4n) is 2.97. The van der Waals surface area contributed by atoms with Crippen LogP contribution in [0.2, 0.25) is 0 Å². The minimum absolute atomic E-state index is 0.0175. The summed E-state index contributed by atoms with van der Waals surface area (Å²) in [6.07, 6.45) is 2.88. The molecule has 1 amide bonds. The van der Waals surface area contributed by atoms with Gasteiger partial charge in [-0.25, -0.2) is 4.39 Å². The van der Waals surface area contributed by atoms with Gasteiger partial charge in [-0.2, -0.15) is 4.98 Å². The van der Waals surface area contributed by atoms with E-state index in [0.29, 0.717) is 12.4 Å². The molecule has 1 aromatic carbocycles. The van der Waals surface area contributed by atoms with Crippen LogP contribution in [-0.2, 0) is 17.8 Å². The number of nitrogens with zero attached hydrogens (tertiary/aromatic N) is 4. The van der Waals surface area contributed by atoms with Gasteiger partial charge in [0.05, 0.1) is 13.1 Å². The molecule has 1 atom stereocenters. The second-order valence-electron chi connectivity index (χ2n) is 5.94. The topological polar surface area (TPSA) is 62.5 Å². The lowest BCUT2D eigenvalue weighted by Crippen LogP contribution is -2.46. The van der Waals surface area contributed by atoms with E-state index in [1.165, 1.54) is 18.5 Å². The normalized spacial score (nSPS) is 17.4. The molecule has 1 aliphatic rings. The molecule has 23 heavy (non-hydrogen) atoms. The Morgan fingerprint density at radius 1 is 1.52 bits per heavy atom. The van der Waals surface area contributed by atoms with Crippen LogP contribution >= 0.6 is 0 Å². The van der Waals surface area contributed by atoms with Gasteiger partial charge in [-0.05, 0) is 50.6 Å². The van der Waals surface area contributed by atoms with E-state index in [9.17, 15) is 9.18 Å². The van der Waals surface area contributed by atoms with E-state index >= 15 is 0 Å². The molecule has 2 aromatic rings. The first-order valence-electron chi connectivity index (χ1n) is 7.59. The van der Waals surface area contributed by atoms with Crippen LogP contribution in [0.4, 0.5) is 10.1 Å². The van der Waals surface area contributed by atoms with Gasteiger partial charge in [0.25, 0.3) is 0 Å². The highest BCUT2D eigenvalue weighted by molar-refractivity contribution is 5.96. The molecule has 0 saturated carbocycles. The Balaban J connectivity index is 1.74. The molecule has 1 aromatic heterocycles. The highest BCUT2D eigenvalue weighted by Gasteiger charge is 2.29. The van der Waals surface area contributed by atoms with Crippen molar-refractivity contribution in [3.05, 3.63) is 41.8 Å². The van der Waals surface area contributed by atoms with E-state index in [4.69, 9.17) is 4.52 Å². The number of carbonyl (C=O) groups is 1. The number of amides is 1. The minimum atomic E-state index is -0.264. The van der Waals surface area contributed by atoms with Crippen molar-refractivity contribution in [2.24, 2.45) is 0 Å². The zero-order chi connectivity index (χ0) is 16.4. The standard InChI is InChI=1S/C16H19FN4O2/c1-11-3-4-12-7-13(17)5-6-14(12)21(11)16(22)9-20(2)8-15-18-10-23-19-15/h5-7,10-11H,3-4,8-9H2,1-2H3. The third-order valence-corrected chi connectivity index (χ3v) is 4.07. The second kappa shape index (κ2) is 6.45. The van der Waals surface area contributed by atoms with Gasteiger partial charge in [0.15, 0.2) is 5.82 Å². The summed E-state index contributed by atoms with van der Waals surface area (Å²) in [5, 5.41) is 3.74. The van der Waals surface area contributed by atoms with Gasteiger partial charge in [-0.3, -0.25) is 9.69 Å². The number of carbonyl (C=O) groups excluding carboxylic acids is 1. The molecular weight excluding hydrogens is 299 g/mol. The summed E-state index contributed by atoms with van der Waals surface area (Å²) >= 11 is 0. The highest BCUT2D eigenvalue weighted by Crippen LogP contribution is 2.31. The van der Waals surface area contributed by atoms with Crippen molar-refractivity contribution in [3.8, 4) is 0 Å². The average molecular weight is 318 g/mol. The van der Waals surface area contributed by atoms with Gasteiger partial charge in [-0.1, -0.05) is 5.16 Å². The smallest absolute Gasteiger partial charge is 0.241 e. The molecule has 0 saturated heterocycles. The van der Waals surface area contributed by atoms with Crippen molar-refractivity contribution in [2.75, 3.05) is 18.5 Å². The van der Waals surface area contributed by atoms with Gasteiger partial charge < -0.3 is 9.42 Å². The SMILES string of the molecule is CC1CCc2cc(F)ccc2N1C(=O)CN(C)Cc1ncon1. The van der Waals surface area contributed by atoms with E-state index in [1.807, 2.05) is 18.9 Å². The number of halogens is 1. The first-order chi connectivity index (χ1) is 11.0. The van der Waals surface area contributed by atoms with Crippen molar-refractivity contribution in [2.45, 2.75) is 32.4 Å². The lowest BCUT2D eigenvalue weighted by atomic mass is 9.96. The predicted octanol–water partition coefficient (Wildman–Crippen LogP) is 2.01. The molecule has 1 aliphatic heterocycles. The number of aryl methyl sites for hydroxylation is 1. The molecule has 7 heteroatoms. The number of likely N-dealkylation sites (N-methyl/N-ethyl adjacent to an activating group) is 1. The summed E-state index contributed by atoms with van der Waals surface area (Å²) < 4.78 is 18.1. The second-order valence-corrected chi connectivity index (χ2v) is 5.94. The predicted molar refractivity (Wildman–Crippen MR) is 82.3 cm³/mol. The van der Waals surface area contributed by atoms with Gasteiger partial charge in [0, 0.05) is 11.7 Å². The molecule has 0 N–H and O–H groups in total. The molecule has 122 valence electrons. The molecule has 1 unspecified atom stereocenters. The van der Waals surface area contributed by atoms with Crippen molar-refractivity contribution >= 4 is 11.6 Å². The van der Waals surface area contributed by atoms with Crippen molar-refractivity contribution in [1.82, 2.24) is 15.0 Å². The molecule has 6 nitrogen and oxygen atoms in total. The van der Waals surface area contributed by atoms with E-state index in [1.54, 1.807) is 11.0 Å². The number of hydrogen-bond donors (Lipinski definition) is 0. The van der Waals surface area contributed by atoms with Crippen LogP contribution in [0.5, 0.6) is 0 Å². The number of benzene rings is 1. The van der Waals surface area contributed by atoms with E-state index < -0.39 is 0 Å². The first kappa shape index (κ1) is 15.6. The molecule has 0 spiro atoms. The van der Waals surface area contributed by atoms with Crippen LogP contribution in [0.25, 0.3) is 0 Å². The number of hydrogen-bond acceptors (Lipinski definition) is 5. The molecule has 0 aliphatic carbocycles. The maximum Gasteiger partial charge on any atom is 0.241 e. The van der Waals surface area contributed by atoms with Crippen molar-refractivity contribution in [3.63, 3.8) is 0 Å². The Bertz CT molecular complexity index is 689. The zero-order valence-electron chi connectivity index (χ0n) is 13.2. The summed E-state index contributed by atoms with van der Waals surface area (Å²) in [7, 11) is 1.83. The largest absolute Gasteiger partial charge is 0.343 e. The Labute approximate surface area is 133 Å². The van der Waals surface area contributed by atoms with Crippen LogP contribution in [0.3, 0.4) is 0 Å². The van der Waals surface area contributed by atoms with Gasteiger partial charge >= 0.3 is 0 Å². The fourth-order valence-corrected chi connectivity index (χ4v) is 2.97. The molecule has 2 heterocycles. The molecule has 0 radical (unpaired) electrons. The van der Waals surface area contributed by atoms with E-state index in [-0.39, 0.29) is 24.3 Å². The van der Waals surface area contributed by atoms with Crippen LogP contribution in [0, 0.1) is 5.82 Å². The maximum atomic E-state index is 13.4. The Morgan fingerprint density at radius 3 is 3.09 bits per heavy atom. The number of fused-ring (bicyclic) bond motifs is 1. The fraction of sp³-hybridized carbons (Fsp3) is 0.438. The maximum absolute atomic E-state index is 13.4. The lowest BCUT2D eigenvalue weighted by Gasteiger charge is -2.36. The Hall–Kier alpha value is -2.28. The highest BCUT2D eigenvalue weighted by atomic mass is 19.1. The van der Waals surface area contributed by atoms with Crippen LogP contribution in [0.1, 0.15) is 24.7 Å². The molecule has 0 fully saturated rings. The number of anilines is 1. The summed E-state index contributed by atoms with van der Waals surface area (Å²) in [6.45, 7) is 2.68. The molecule has 0 bridgehead atoms. The van der Waals surface area contributed by atoms with E-state index in [0.717, 1.165) is 24.1 Å². The van der Waals surface area contributed by atoms with Crippen molar-refractivity contribution in [1.29, 1.82) is 0 Å². The quantitative estimate of drug-likeness (QED) is 0.863. The monoisotopic (exact) mass is 318 g/mol. The third-order valence-electron chi connectivity index (χ3n) is 4.07. The summed E-state index contributed by atoms with van der Waals surface area (Å²) in [5.41, 5.74) is 1.69. The lowest BCUT2D eigenvalue weighted by molar-refractivity contribution is -0.120. The molecule has 3 rings (SSSR count). The zero-order valence-corrected chi connectivity index (χ0v) is 13.2. The summed E-state index contributed by atoms with van der Waals surface area (Å²) in [5.74, 6) is 0.255. The Kier molecular flexibility index (Phi) is 4.38. The van der Waals surface area contributed by atoms with Crippen LogP contribution in [-0.4, -0.2) is 40.6 Å². The van der Waals surface area contributed by atoms with Crippen LogP contribution in [0.15, 0.2) is 29.1 Å². The first-order valence-corrected chi connectivity index (χ1v) is 7.59. The number of aromatic nitrogens is 2. The van der Waals surface area contributed by atoms with Crippen LogP contribution < -0.4 is 4.90 Å². The number of rotatable bonds is 4. The Morgan fingerprint density at radius 2 is 2.35 bits per heavy atom.